The number of aromatic hydroxyl groups is 1. The average molecular weight is 463 g/mol. The highest BCUT2D eigenvalue weighted by Crippen LogP contribution is 2.47. The largest absolute Gasteiger partial charge is 0.507 e. The number of benzene rings is 3. The van der Waals surface area contributed by atoms with Gasteiger partial charge in [-0.3, -0.25) is 0 Å². The van der Waals surface area contributed by atoms with Gasteiger partial charge in [0.2, 0.25) is 0 Å². The van der Waals surface area contributed by atoms with E-state index in [4.69, 9.17) is 23.7 Å². The van der Waals surface area contributed by atoms with Crippen molar-refractivity contribution in [2.45, 2.75) is 25.9 Å². The van der Waals surface area contributed by atoms with Gasteiger partial charge in [-0.25, -0.2) is 0 Å². The van der Waals surface area contributed by atoms with Crippen LogP contribution in [0.15, 0.2) is 42.5 Å². The normalized spacial score (nSPS) is 14.9. The summed E-state index contributed by atoms with van der Waals surface area (Å²) in [5.74, 6) is 3.22. The van der Waals surface area contributed by atoms with E-state index in [1.54, 1.807) is 40.6 Å². The Morgan fingerprint density at radius 1 is 0.853 bits per heavy atom. The van der Waals surface area contributed by atoms with Gasteiger partial charge in [0.05, 0.1) is 39.6 Å². The molecule has 6 heteroatoms. The van der Waals surface area contributed by atoms with E-state index < -0.39 is 0 Å². The minimum absolute atomic E-state index is 0.0555. The first-order chi connectivity index (χ1) is 16.5. The Bertz CT molecular complexity index is 1200. The molecule has 4 rings (SSSR count). The summed E-state index contributed by atoms with van der Waals surface area (Å²) in [5.41, 5.74) is 4.23. The molecule has 0 saturated carbocycles. The van der Waals surface area contributed by atoms with Gasteiger partial charge in [0.25, 0.3) is 0 Å². The van der Waals surface area contributed by atoms with Gasteiger partial charge in [0.15, 0.2) is 0 Å². The molecule has 0 fully saturated rings. The molecule has 34 heavy (non-hydrogen) atoms. The smallest absolute Gasteiger partial charge is 0.138 e. The van der Waals surface area contributed by atoms with Crippen LogP contribution in [0.1, 0.15) is 40.3 Å². The third kappa shape index (κ3) is 4.23. The molecule has 0 saturated heterocycles. The molecule has 0 bridgehead atoms. The van der Waals surface area contributed by atoms with E-state index in [9.17, 15) is 5.11 Å². The lowest BCUT2D eigenvalue weighted by Crippen LogP contribution is -2.17. The molecule has 0 aromatic heterocycles. The first-order valence-electron chi connectivity index (χ1n) is 11.1. The molecule has 1 N–H and O–H groups in total. The summed E-state index contributed by atoms with van der Waals surface area (Å²) in [4.78, 5) is 0. The second-order valence-electron chi connectivity index (χ2n) is 8.06. The molecular formula is C28H30O6. The summed E-state index contributed by atoms with van der Waals surface area (Å²) >= 11 is 0. The molecule has 0 spiro atoms. The summed E-state index contributed by atoms with van der Waals surface area (Å²) in [5, 5.41) is 10.7. The van der Waals surface area contributed by atoms with Crippen LogP contribution in [0.4, 0.5) is 0 Å². The number of fused-ring (bicyclic) bond motifs is 1. The summed E-state index contributed by atoms with van der Waals surface area (Å²) in [6.45, 7) is 1.89. The maximum atomic E-state index is 10.7. The fraction of sp³-hybridized carbons (Fsp3) is 0.286. The van der Waals surface area contributed by atoms with Crippen molar-refractivity contribution in [2.75, 3.05) is 28.4 Å². The van der Waals surface area contributed by atoms with Gasteiger partial charge in [-0.15, -0.1) is 0 Å². The van der Waals surface area contributed by atoms with E-state index in [1.165, 1.54) is 0 Å². The summed E-state index contributed by atoms with van der Waals surface area (Å²) < 4.78 is 28.9. The van der Waals surface area contributed by atoms with Crippen LogP contribution >= 0.6 is 0 Å². The molecular weight excluding hydrogens is 432 g/mol. The number of methoxy groups -OCH3 is 4. The summed E-state index contributed by atoms with van der Waals surface area (Å²) in [6, 6.07) is 13.6. The Kier molecular flexibility index (Phi) is 6.87. The van der Waals surface area contributed by atoms with Gasteiger partial charge in [-0.05, 0) is 37.5 Å². The minimum Gasteiger partial charge on any atom is -0.507 e. The van der Waals surface area contributed by atoms with Crippen LogP contribution in [0.5, 0.6) is 34.5 Å². The summed E-state index contributed by atoms with van der Waals surface area (Å²) in [6.07, 6.45) is 5.26. The van der Waals surface area contributed by atoms with Crippen LogP contribution < -0.4 is 23.7 Å². The predicted molar refractivity (Wildman–Crippen MR) is 133 cm³/mol. The van der Waals surface area contributed by atoms with Gasteiger partial charge in [0.1, 0.15) is 40.6 Å². The first-order valence-corrected chi connectivity index (χ1v) is 11.1. The molecule has 3 aromatic carbocycles. The van der Waals surface area contributed by atoms with E-state index in [0.29, 0.717) is 22.8 Å². The second-order valence-corrected chi connectivity index (χ2v) is 8.06. The fourth-order valence-electron chi connectivity index (χ4n) is 4.47. The van der Waals surface area contributed by atoms with E-state index in [-0.39, 0.29) is 11.9 Å². The van der Waals surface area contributed by atoms with Gasteiger partial charge >= 0.3 is 0 Å². The van der Waals surface area contributed by atoms with Gasteiger partial charge < -0.3 is 28.8 Å². The monoisotopic (exact) mass is 462 g/mol. The molecule has 1 unspecified atom stereocenters. The standard InChI is InChI=1S/C28H30O6/c1-17-24(30-2)15-22(29)19(27(17)33-5)11-12-20-25(31-3)16-26(32-4)21-13-14-23(34-28(20)21)18-9-7-6-8-10-18/h6-12,15-16,23,29H,13-14H2,1-5H3. The van der Waals surface area contributed by atoms with Crippen LogP contribution in [0.2, 0.25) is 0 Å². The maximum absolute atomic E-state index is 10.7. The van der Waals surface area contributed by atoms with Crippen LogP contribution in [0.25, 0.3) is 12.2 Å². The lowest BCUT2D eigenvalue weighted by Gasteiger charge is -2.29. The Morgan fingerprint density at radius 3 is 2.18 bits per heavy atom. The molecule has 1 aliphatic heterocycles. The first kappa shape index (κ1) is 23.4. The zero-order chi connectivity index (χ0) is 24.2. The van der Waals surface area contributed by atoms with Crippen molar-refractivity contribution in [3.63, 3.8) is 0 Å². The number of phenols is 1. The SMILES string of the molecule is COc1cc(O)c(C=Cc2c(OC)cc(OC)c3c2OC(c2ccccc2)CC3)c(OC)c1C. The zero-order valence-corrected chi connectivity index (χ0v) is 20.2. The molecule has 0 amide bonds. The summed E-state index contributed by atoms with van der Waals surface area (Å²) in [7, 11) is 6.40. The highest BCUT2D eigenvalue weighted by Gasteiger charge is 2.28. The second kappa shape index (κ2) is 10.00. The Labute approximate surface area is 200 Å². The minimum atomic E-state index is -0.0798. The van der Waals surface area contributed by atoms with Crippen molar-refractivity contribution >= 4 is 12.2 Å². The highest BCUT2D eigenvalue weighted by molar-refractivity contribution is 5.83. The van der Waals surface area contributed by atoms with E-state index in [0.717, 1.165) is 46.6 Å². The van der Waals surface area contributed by atoms with Crippen LogP contribution in [0, 0.1) is 6.92 Å². The fourth-order valence-corrected chi connectivity index (χ4v) is 4.47. The maximum Gasteiger partial charge on any atom is 0.138 e. The van der Waals surface area contributed by atoms with Crippen molar-refractivity contribution < 1.29 is 28.8 Å². The third-order valence-electron chi connectivity index (χ3n) is 6.21. The Hall–Kier alpha value is -3.80. The predicted octanol–water partition coefficient (Wildman–Crippen LogP) is 5.97. The quantitative estimate of drug-likeness (QED) is 0.436. The number of ether oxygens (including phenoxy) is 5. The number of hydrogen-bond acceptors (Lipinski definition) is 6. The van der Waals surface area contributed by atoms with E-state index in [2.05, 4.69) is 12.1 Å². The average Bonchev–Trinajstić information content (AvgIpc) is 2.88. The molecule has 1 aliphatic rings. The van der Waals surface area contributed by atoms with Crippen molar-refractivity contribution in [2.24, 2.45) is 0 Å². The Balaban J connectivity index is 1.83. The Morgan fingerprint density at radius 2 is 1.53 bits per heavy atom. The molecule has 1 atom stereocenters. The van der Waals surface area contributed by atoms with E-state index >= 15 is 0 Å². The number of hydrogen-bond donors (Lipinski definition) is 1. The number of rotatable bonds is 7. The van der Waals surface area contributed by atoms with Gasteiger partial charge in [-0.2, -0.15) is 0 Å². The lowest BCUT2D eigenvalue weighted by molar-refractivity contribution is 0.173. The lowest BCUT2D eigenvalue weighted by atomic mass is 9.94. The molecule has 1 heterocycles. The highest BCUT2D eigenvalue weighted by atomic mass is 16.5. The number of phenolic OH excluding ortho intramolecular Hbond substituents is 1. The van der Waals surface area contributed by atoms with Crippen molar-refractivity contribution in [1.82, 2.24) is 0 Å². The van der Waals surface area contributed by atoms with Crippen LogP contribution in [0.3, 0.4) is 0 Å². The molecule has 3 aromatic rings. The van der Waals surface area contributed by atoms with Crippen molar-refractivity contribution in [3.05, 3.63) is 70.3 Å². The van der Waals surface area contributed by atoms with Crippen molar-refractivity contribution in [1.29, 1.82) is 0 Å². The van der Waals surface area contributed by atoms with Gasteiger partial charge in [0, 0.05) is 23.3 Å². The molecule has 178 valence electrons. The third-order valence-corrected chi connectivity index (χ3v) is 6.21. The van der Waals surface area contributed by atoms with Crippen LogP contribution in [-0.2, 0) is 6.42 Å². The topological polar surface area (TPSA) is 66.4 Å². The zero-order valence-electron chi connectivity index (χ0n) is 20.2. The molecule has 0 aliphatic carbocycles. The van der Waals surface area contributed by atoms with Crippen molar-refractivity contribution in [3.8, 4) is 34.5 Å². The van der Waals surface area contributed by atoms with Gasteiger partial charge in [-0.1, -0.05) is 30.3 Å². The molecule has 0 radical (unpaired) electrons. The van der Waals surface area contributed by atoms with Crippen LogP contribution in [-0.4, -0.2) is 33.5 Å². The van der Waals surface area contributed by atoms with E-state index in [1.807, 2.05) is 37.3 Å². The molecule has 6 nitrogen and oxygen atoms in total.